The van der Waals surface area contributed by atoms with Crippen molar-refractivity contribution in [1.29, 1.82) is 0 Å². The molecule has 0 aliphatic rings. The summed E-state index contributed by atoms with van der Waals surface area (Å²) >= 11 is 6.70. The molecule has 0 atom stereocenters. The Kier molecular flexibility index (Phi) is 5.96. The first-order valence-electron chi connectivity index (χ1n) is 9.22. The van der Waals surface area contributed by atoms with Crippen molar-refractivity contribution in [1.82, 2.24) is 25.1 Å². The summed E-state index contributed by atoms with van der Waals surface area (Å²) in [6.45, 7) is 1.89. The number of para-hydroxylation sites is 1. The number of anilines is 1. The molecule has 4 rings (SSSR count). The van der Waals surface area contributed by atoms with Gasteiger partial charge in [0.1, 0.15) is 10.8 Å². The number of aryl methyl sites for hydroxylation is 1. The van der Waals surface area contributed by atoms with Gasteiger partial charge in [0.15, 0.2) is 17.5 Å². The average Bonchev–Trinajstić information content (AvgIpc) is 3.34. The molecule has 0 fully saturated rings. The van der Waals surface area contributed by atoms with E-state index in [9.17, 15) is 4.79 Å². The highest BCUT2D eigenvalue weighted by Gasteiger charge is 2.12. The van der Waals surface area contributed by atoms with Gasteiger partial charge in [0.05, 0.1) is 0 Å². The number of nitrogens with one attached hydrogen (secondary N) is 2. The first kappa shape index (κ1) is 19.9. The van der Waals surface area contributed by atoms with E-state index in [0.29, 0.717) is 5.75 Å². The maximum Gasteiger partial charge on any atom is 0.264 e. The van der Waals surface area contributed by atoms with Crippen molar-refractivity contribution in [3.8, 4) is 16.3 Å². The lowest BCUT2D eigenvalue weighted by Crippen LogP contribution is -2.37. The predicted octanol–water partition coefficient (Wildman–Crippen LogP) is 3.31. The summed E-state index contributed by atoms with van der Waals surface area (Å²) in [5, 5.41) is 19.5. The van der Waals surface area contributed by atoms with Crippen molar-refractivity contribution >= 4 is 45.2 Å². The van der Waals surface area contributed by atoms with Crippen molar-refractivity contribution in [3.05, 3.63) is 60.4 Å². The quantitative estimate of drug-likeness (QED) is 0.446. The van der Waals surface area contributed by atoms with Crippen LogP contribution in [0.1, 0.15) is 12.7 Å². The van der Waals surface area contributed by atoms with Crippen LogP contribution < -0.4 is 15.4 Å². The summed E-state index contributed by atoms with van der Waals surface area (Å²) < 4.78 is 7.18. The third-order valence-corrected chi connectivity index (χ3v) is 5.26. The molecule has 0 saturated heterocycles. The molecule has 0 aliphatic carbocycles. The van der Waals surface area contributed by atoms with E-state index in [0.717, 1.165) is 33.5 Å². The molecule has 0 bridgehead atoms. The van der Waals surface area contributed by atoms with E-state index < -0.39 is 0 Å². The SMILES string of the molecule is CCc1nnc2sc(-c3cccc(NC(=S)NC(=O)COc4ccccc4)c3)nn12. The smallest absolute Gasteiger partial charge is 0.264 e. The van der Waals surface area contributed by atoms with Crippen LogP contribution in [-0.2, 0) is 11.2 Å². The van der Waals surface area contributed by atoms with E-state index in [-0.39, 0.29) is 17.6 Å². The zero-order valence-corrected chi connectivity index (χ0v) is 17.7. The molecule has 0 saturated carbocycles. The highest BCUT2D eigenvalue weighted by atomic mass is 32.1. The molecule has 2 N–H and O–H groups in total. The number of nitrogens with zero attached hydrogens (tertiary/aromatic N) is 4. The van der Waals surface area contributed by atoms with Gasteiger partial charge in [0.25, 0.3) is 5.91 Å². The Hall–Kier alpha value is -3.37. The Balaban J connectivity index is 1.38. The van der Waals surface area contributed by atoms with Crippen LogP contribution in [0, 0.1) is 0 Å². The van der Waals surface area contributed by atoms with Gasteiger partial charge in [0.2, 0.25) is 4.96 Å². The van der Waals surface area contributed by atoms with Crippen molar-refractivity contribution < 1.29 is 9.53 Å². The lowest BCUT2D eigenvalue weighted by molar-refractivity contribution is -0.121. The van der Waals surface area contributed by atoms with Gasteiger partial charge in [0, 0.05) is 17.7 Å². The molecule has 0 spiro atoms. The third kappa shape index (κ3) is 4.61. The van der Waals surface area contributed by atoms with E-state index in [2.05, 4.69) is 25.9 Å². The van der Waals surface area contributed by atoms with Gasteiger partial charge in [-0.3, -0.25) is 10.1 Å². The van der Waals surface area contributed by atoms with E-state index >= 15 is 0 Å². The molecule has 0 radical (unpaired) electrons. The van der Waals surface area contributed by atoms with Gasteiger partial charge in [-0.1, -0.05) is 48.6 Å². The number of hydrogen-bond acceptors (Lipinski definition) is 7. The second-order valence-electron chi connectivity index (χ2n) is 6.26. The van der Waals surface area contributed by atoms with Crippen LogP contribution in [-0.4, -0.2) is 37.4 Å². The van der Waals surface area contributed by atoms with Gasteiger partial charge in [-0.2, -0.15) is 9.61 Å². The fraction of sp³-hybridized carbons (Fsp3) is 0.150. The molecule has 0 aliphatic heterocycles. The van der Waals surface area contributed by atoms with Crippen LogP contribution in [0.25, 0.3) is 15.5 Å². The standard InChI is InChI=1S/C20H18N6O2S2/c1-2-16-23-24-20-26(16)25-18(30-20)13-7-6-8-14(11-13)21-19(29)22-17(27)12-28-15-9-4-3-5-10-15/h3-11H,2,12H2,1H3,(H2,21,22,27,29). The topological polar surface area (TPSA) is 93.4 Å². The summed E-state index contributed by atoms with van der Waals surface area (Å²) in [7, 11) is 0. The van der Waals surface area contributed by atoms with Crippen LogP contribution >= 0.6 is 23.6 Å². The van der Waals surface area contributed by atoms with Crippen LogP contribution in [0.4, 0.5) is 5.69 Å². The first-order chi connectivity index (χ1) is 14.6. The second kappa shape index (κ2) is 8.97. The number of benzene rings is 2. The molecule has 2 aromatic carbocycles. The molecular weight excluding hydrogens is 420 g/mol. The molecule has 10 heteroatoms. The fourth-order valence-electron chi connectivity index (χ4n) is 2.72. The third-order valence-electron chi connectivity index (χ3n) is 4.11. The zero-order valence-electron chi connectivity index (χ0n) is 16.0. The van der Waals surface area contributed by atoms with E-state index in [4.69, 9.17) is 17.0 Å². The van der Waals surface area contributed by atoms with Crippen LogP contribution in [0.15, 0.2) is 54.6 Å². The Morgan fingerprint density at radius 3 is 2.80 bits per heavy atom. The number of aromatic nitrogens is 4. The van der Waals surface area contributed by atoms with Gasteiger partial charge in [-0.15, -0.1) is 10.2 Å². The maximum absolute atomic E-state index is 12.0. The molecule has 0 unspecified atom stereocenters. The minimum atomic E-state index is -0.340. The van der Waals surface area contributed by atoms with Crippen molar-refractivity contribution in [2.75, 3.05) is 11.9 Å². The van der Waals surface area contributed by atoms with Crippen LogP contribution in [0.5, 0.6) is 5.75 Å². The van der Waals surface area contributed by atoms with Crippen molar-refractivity contribution in [3.63, 3.8) is 0 Å². The molecule has 2 heterocycles. The van der Waals surface area contributed by atoms with Gasteiger partial charge < -0.3 is 10.1 Å². The summed E-state index contributed by atoms with van der Waals surface area (Å²) in [5.41, 5.74) is 1.66. The summed E-state index contributed by atoms with van der Waals surface area (Å²) in [6, 6.07) is 16.7. The van der Waals surface area contributed by atoms with Gasteiger partial charge >= 0.3 is 0 Å². The summed E-state index contributed by atoms with van der Waals surface area (Å²) in [5.74, 6) is 1.10. The number of carbonyl (C=O) groups is 1. The van der Waals surface area contributed by atoms with Crippen molar-refractivity contribution in [2.24, 2.45) is 0 Å². The van der Waals surface area contributed by atoms with E-state index in [1.165, 1.54) is 11.3 Å². The Morgan fingerprint density at radius 1 is 1.17 bits per heavy atom. The Morgan fingerprint density at radius 2 is 2.00 bits per heavy atom. The maximum atomic E-state index is 12.0. The number of rotatable bonds is 6. The Labute approximate surface area is 181 Å². The number of ether oxygens (including phenoxy) is 1. The van der Waals surface area contributed by atoms with Crippen LogP contribution in [0.2, 0.25) is 0 Å². The van der Waals surface area contributed by atoms with Gasteiger partial charge in [-0.25, -0.2) is 0 Å². The van der Waals surface area contributed by atoms with Crippen molar-refractivity contribution in [2.45, 2.75) is 13.3 Å². The monoisotopic (exact) mass is 438 g/mol. The predicted molar refractivity (Wildman–Crippen MR) is 120 cm³/mol. The first-order valence-corrected chi connectivity index (χ1v) is 10.4. The largest absolute Gasteiger partial charge is 0.484 e. The normalized spacial score (nSPS) is 10.7. The number of carbonyl (C=O) groups excluding carboxylic acids is 1. The molecule has 4 aromatic rings. The molecule has 1 amide bonds. The highest BCUT2D eigenvalue weighted by molar-refractivity contribution is 7.80. The minimum absolute atomic E-state index is 0.126. The minimum Gasteiger partial charge on any atom is -0.484 e. The molecule has 30 heavy (non-hydrogen) atoms. The molecular formula is C20H18N6O2S2. The Bertz CT molecular complexity index is 1190. The summed E-state index contributed by atoms with van der Waals surface area (Å²) in [6.07, 6.45) is 0.758. The number of thiocarbonyl (C=S) groups is 1. The number of amides is 1. The lowest BCUT2D eigenvalue weighted by Gasteiger charge is -2.11. The molecule has 2 aromatic heterocycles. The van der Waals surface area contributed by atoms with Gasteiger partial charge in [-0.05, 0) is 36.5 Å². The molecule has 152 valence electrons. The van der Waals surface area contributed by atoms with Crippen LogP contribution in [0.3, 0.4) is 0 Å². The van der Waals surface area contributed by atoms with E-state index in [1.54, 1.807) is 16.6 Å². The second-order valence-corrected chi connectivity index (χ2v) is 7.62. The lowest BCUT2D eigenvalue weighted by atomic mass is 10.2. The number of fused-ring (bicyclic) bond motifs is 1. The highest BCUT2D eigenvalue weighted by Crippen LogP contribution is 2.27. The fourth-order valence-corrected chi connectivity index (χ4v) is 3.80. The average molecular weight is 439 g/mol. The molecule has 8 nitrogen and oxygen atoms in total. The summed E-state index contributed by atoms with van der Waals surface area (Å²) in [4.78, 5) is 12.8. The zero-order chi connectivity index (χ0) is 20.9. The number of hydrogen-bond donors (Lipinski definition) is 2. The van der Waals surface area contributed by atoms with E-state index in [1.807, 2.05) is 49.4 Å².